The molecule has 1 N–H and O–H groups in total. The maximum Gasteiger partial charge on any atom is 0.141 e. The number of nitrogens with zero attached hydrogens (tertiary/aromatic N) is 1. The summed E-state index contributed by atoms with van der Waals surface area (Å²) < 4.78 is 0. The van der Waals surface area contributed by atoms with Crippen molar-refractivity contribution in [2.75, 3.05) is 0 Å². The molecule has 0 spiro atoms. The predicted molar refractivity (Wildman–Crippen MR) is 55.7 cm³/mol. The number of hydrogen-bond donors (Lipinski definition) is 1. The summed E-state index contributed by atoms with van der Waals surface area (Å²) in [5, 5.41) is 11.7. The number of rotatable bonds is 4. The Morgan fingerprint density at radius 2 is 2.29 bits per heavy atom. The van der Waals surface area contributed by atoms with E-state index in [2.05, 4.69) is 12.1 Å². The molecule has 0 aliphatic heterocycles. The van der Waals surface area contributed by atoms with Crippen molar-refractivity contribution in [3.05, 3.63) is 0 Å². The van der Waals surface area contributed by atoms with Gasteiger partial charge in [0.15, 0.2) is 0 Å². The van der Waals surface area contributed by atoms with E-state index in [0.29, 0.717) is 12.1 Å². The van der Waals surface area contributed by atoms with E-state index in [4.69, 9.17) is 5.21 Å². The van der Waals surface area contributed by atoms with Gasteiger partial charge in [0.1, 0.15) is 5.78 Å². The topological polar surface area (TPSA) is 49.7 Å². The van der Waals surface area contributed by atoms with Crippen molar-refractivity contribution in [1.29, 1.82) is 0 Å². The standard InChI is InChI=1S/C11H19NO2/c1-2-3-4-5-9-6-7-10(12-14)8-11(9)13/h9,14H,2-8H2,1H3/b12-10+. The van der Waals surface area contributed by atoms with Crippen molar-refractivity contribution >= 4 is 11.5 Å². The van der Waals surface area contributed by atoms with Gasteiger partial charge in [-0.3, -0.25) is 4.79 Å². The summed E-state index contributed by atoms with van der Waals surface area (Å²) in [5.41, 5.74) is 0.654. The third-order valence-corrected chi connectivity index (χ3v) is 2.91. The molecule has 0 saturated heterocycles. The zero-order valence-electron chi connectivity index (χ0n) is 8.83. The SMILES string of the molecule is CCCCCC1CC/C(=N\O)CC1=O. The fraction of sp³-hybridized carbons (Fsp3) is 0.818. The van der Waals surface area contributed by atoms with Gasteiger partial charge in [-0.25, -0.2) is 0 Å². The van der Waals surface area contributed by atoms with Gasteiger partial charge in [0.2, 0.25) is 0 Å². The normalized spacial score (nSPS) is 25.6. The van der Waals surface area contributed by atoms with Crippen LogP contribution in [0, 0.1) is 5.92 Å². The Bertz CT molecular complexity index is 223. The first-order valence-corrected chi connectivity index (χ1v) is 5.50. The molecule has 0 heterocycles. The van der Waals surface area contributed by atoms with Crippen LogP contribution in [-0.2, 0) is 4.79 Å². The lowest BCUT2D eigenvalue weighted by molar-refractivity contribution is -0.122. The Morgan fingerprint density at radius 3 is 2.86 bits per heavy atom. The van der Waals surface area contributed by atoms with Gasteiger partial charge >= 0.3 is 0 Å². The van der Waals surface area contributed by atoms with Crippen LogP contribution in [0.25, 0.3) is 0 Å². The van der Waals surface area contributed by atoms with Gasteiger partial charge < -0.3 is 5.21 Å². The van der Waals surface area contributed by atoms with Crippen LogP contribution >= 0.6 is 0 Å². The molecule has 3 heteroatoms. The molecule has 80 valence electrons. The fourth-order valence-electron chi connectivity index (χ4n) is 1.97. The summed E-state index contributed by atoms with van der Waals surface area (Å²) in [6, 6.07) is 0. The Morgan fingerprint density at radius 1 is 1.50 bits per heavy atom. The minimum Gasteiger partial charge on any atom is -0.411 e. The largest absolute Gasteiger partial charge is 0.411 e. The van der Waals surface area contributed by atoms with Gasteiger partial charge in [0.25, 0.3) is 0 Å². The number of carbonyl (C=O) groups excluding carboxylic acids is 1. The van der Waals surface area contributed by atoms with E-state index >= 15 is 0 Å². The van der Waals surface area contributed by atoms with E-state index in [9.17, 15) is 4.79 Å². The fourth-order valence-corrected chi connectivity index (χ4v) is 1.97. The summed E-state index contributed by atoms with van der Waals surface area (Å²) >= 11 is 0. The molecule has 0 aromatic rings. The monoisotopic (exact) mass is 197 g/mol. The average Bonchev–Trinajstić information content (AvgIpc) is 2.20. The molecule has 1 atom stereocenters. The lowest BCUT2D eigenvalue weighted by Crippen LogP contribution is -2.24. The van der Waals surface area contributed by atoms with E-state index in [1.807, 2.05) is 0 Å². The molecule has 14 heavy (non-hydrogen) atoms. The second kappa shape index (κ2) is 5.78. The zero-order valence-corrected chi connectivity index (χ0v) is 8.83. The minimum atomic E-state index is 0.229. The number of oxime groups is 1. The molecule has 0 bridgehead atoms. The highest BCUT2D eigenvalue weighted by Crippen LogP contribution is 2.24. The van der Waals surface area contributed by atoms with E-state index in [0.717, 1.165) is 25.7 Å². The first-order chi connectivity index (χ1) is 6.77. The number of Topliss-reactive ketones (excluding diaryl/α,β-unsaturated/α-hetero) is 1. The second-order valence-corrected chi connectivity index (χ2v) is 4.04. The molecule has 0 aromatic carbocycles. The van der Waals surface area contributed by atoms with Crippen LogP contribution in [0.4, 0.5) is 0 Å². The van der Waals surface area contributed by atoms with Gasteiger partial charge in [-0.15, -0.1) is 0 Å². The highest BCUT2D eigenvalue weighted by molar-refractivity contribution is 6.04. The van der Waals surface area contributed by atoms with Gasteiger partial charge in [0.05, 0.1) is 5.71 Å². The van der Waals surface area contributed by atoms with Gasteiger partial charge in [-0.1, -0.05) is 31.3 Å². The number of unbranched alkanes of at least 4 members (excludes halogenated alkanes) is 2. The maximum atomic E-state index is 11.6. The quantitative estimate of drug-likeness (QED) is 0.428. The molecule has 1 aliphatic rings. The van der Waals surface area contributed by atoms with Crippen molar-refractivity contribution < 1.29 is 10.0 Å². The molecule has 1 rings (SSSR count). The average molecular weight is 197 g/mol. The van der Waals surface area contributed by atoms with E-state index in [1.165, 1.54) is 12.8 Å². The molecule has 1 unspecified atom stereocenters. The number of carbonyl (C=O) groups is 1. The van der Waals surface area contributed by atoms with E-state index < -0.39 is 0 Å². The van der Waals surface area contributed by atoms with Gasteiger partial charge in [0, 0.05) is 12.3 Å². The molecule has 1 aliphatic carbocycles. The Hall–Kier alpha value is -0.860. The highest BCUT2D eigenvalue weighted by Gasteiger charge is 2.25. The van der Waals surface area contributed by atoms with E-state index in [1.54, 1.807) is 0 Å². The van der Waals surface area contributed by atoms with Crippen molar-refractivity contribution in [2.24, 2.45) is 11.1 Å². The first kappa shape index (κ1) is 11.2. The van der Waals surface area contributed by atoms with Gasteiger partial charge in [-0.2, -0.15) is 0 Å². The Balaban J connectivity index is 2.31. The van der Waals surface area contributed by atoms with Crippen LogP contribution in [0.5, 0.6) is 0 Å². The van der Waals surface area contributed by atoms with Crippen molar-refractivity contribution in [3.8, 4) is 0 Å². The van der Waals surface area contributed by atoms with Crippen LogP contribution in [-0.4, -0.2) is 16.7 Å². The molecule has 0 amide bonds. The molecule has 3 nitrogen and oxygen atoms in total. The van der Waals surface area contributed by atoms with Crippen molar-refractivity contribution in [2.45, 2.75) is 51.9 Å². The van der Waals surface area contributed by atoms with Crippen LogP contribution < -0.4 is 0 Å². The lowest BCUT2D eigenvalue weighted by Gasteiger charge is -2.20. The molecule has 1 fully saturated rings. The van der Waals surface area contributed by atoms with Crippen LogP contribution in [0.3, 0.4) is 0 Å². The third kappa shape index (κ3) is 3.13. The van der Waals surface area contributed by atoms with Gasteiger partial charge in [-0.05, 0) is 19.3 Å². The first-order valence-electron chi connectivity index (χ1n) is 5.50. The minimum absolute atomic E-state index is 0.229. The Labute approximate surface area is 85.2 Å². The smallest absolute Gasteiger partial charge is 0.141 e. The summed E-state index contributed by atoms with van der Waals surface area (Å²) in [7, 11) is 0. The van der Waals surface area contributed by atoms with Crippen LogP contribution in [0.1, 0.15) is 51.9 Å². The number of ketones is 1. The zero-order chi connectivity index (χ0) is 10.4. The molecule has 1 saturated carbocycles. The lowest BCUT2D eigenvalue weighted by atomic mass is 9.83. The summed E-state index contributed by atoms with van der Waals surface area (Å²) in [4.78, 5) is 11.6. The van der Waals surface area contributed by atoms with Crippen molar-refractivity contribution in [1.82, 2.24) is 0 Å². The molecular weight excluding hydrogens is 178 g/mol. The summed E-state index contributed by atoms with van der Waals surface area (Å²) in [6.45, 7) is 2.17. The molecular formula is C11H19NO2. The molecule has 0 aromatic heterocycles. The maximum absolute atomic E-state index is 11.6. The Kier molecular flexibility index (Phi) is 4.63. The summed E-state index contributed by atoms with van der Waals surface area (Å²) in [5.74, 6) is 0.493. The van der Waals surface area contributed by atoms with Crippen LogP contribution in [0.2, 0.25) is 0 Å². The predicted octanol–water partition coefficient (Wildman–Crippen LogP) is 2.77. The third-order valence-electron chi connectivity index (χ3n) is 2.91. The molecule has 0 radical (unpaired) electrons. The van der Waals surface area contributed by atoms with E-state index in [-0.39, 0.29) is 11.7 Å². The second-order valence-electron chi connectivity index (χ2n) is 4.04. The highest BCUT2D eigenvalue weighted by atomic mass is 16.4. The van der Waals surface area contributed by atoms with Crippen molar-refractivity contribution in [3.63, 3.8) is 0 Å². The summed E-state index contributed by atoms with van der Waals surface area (Å²) in [6.07, 6.45) is 6.62. The number of hydrogen-bond acceptors (Lipinski definition) is 3. The van der Waals surface area contributed by atoms with Crippen LogP contribution in [0.15, 0.2) is 5.16 Å².